The van der Waals surface area contributed by atoms with E-state index in [9.17, 15) is 0 Å². The maximum Gasteiger partial charge on any atom is 0.164 e. The Balaban J connectivity index is 1.08. The average Bonchev–Trinajstić information content (AvgIpc) is 3.66. The van der Waals surface area contributed by atoms with Gasteiger partial charge in [0, 0.05) is 44.2 Å². The highest BCUT2D eigenvalue weighted by Crippen LogP contribution is 2.37. The van der Waals surface area contributed by atoms with Gasteiger partial charge in [0.2, 0.25) is 0 Å². The van der Waals surface area contributed by atoms with E-state index in [2.05, 4.69) is 72.8 Å². The lowest BCUT2D eigenvalue weighted by Gasteiger charge is -2.12. The highest BCUT2D eigenvalue weighted by Gasteiger charge is 2.17. The van der Waals surface area contributed by atoms with Crippen molar-refractivity contribution in [1.29, 1.82) is 0 Å². The summed E-state index contributed by atoms with van der Waals surface area (Å²) >= 11 is 0. The minimum Gasteiger partial charge on any atom is -0.455 e. The van der Waals surface area contributed by atoms with E-state index in [1.54, 1.807) is 0 Å². The standard InChI is InChI=1S/C49H31N5O/c1-4-15-32(16-5-1)46-50-42(31-43(51-46)41-27-14-26-40-39-25-10-11-28-44(39)55-45(40)41)37-23-12-21-35(29-37)36-22-13-24-38(30-36)49-53-47(33-17-6-2-7-18-33)52-48(54-49)34-19-8-3-9-20-34/h1-31H. The first-order valence-corrected chi connectivity index (χ1v) is 18.2. The Morgan fingerprint density at radius 1 is 0.291 bits per heavy atom. The first-order chi connectivity index (χ1) is 27.2. The zero-order chi connectivity index (χ0) is 36.6. The highest BCUT2D eigenvalue weighted by molar-refractivity contribution is 6.09. The van der Waals surface area contributed by atoms with Crippen molar-refractivity contribution in [3.63, 3.8) is 0 Å². The Kier molecular flexibility index (Phi) is 8.04. The van der Waals surface area contributed by atoms with Crippen LogP contribution in [0, 0.1) is 0 Å². The molecule has 0 atom stereocenters. The second kappa shape index (κ2) is 13.8. The Morgan fingerprint density at radius 3 is 1.36 bits per heavy atom. The lowest BCUT2D eigenvalue weighted by atomic mass is 9.98. The van der Waals surface area contributed by atoms with E-state index < -0.39 is 0 Å². The lowest BCUT2D eigenvalue weighted by molar-refractivity contribution is 0.670. The van der Waals surface area contributed by atoms with Gasteiger partial charge in [0.25, 0.3) is 0 Å². The summed E-state index contributed by atoms with van der Waals surface area (Å²) in [5.41, 5.74) is 10.9. The van der Waals surface area contributed by atoms with Crippen LogP contribution in [0.4, 0.5) is 0 Å². The third kappa shape index (κ3) is 6.22. The summed E-state index contributed by atoms with van der Waals surface area (Å²) in [6.45, 7) is 0. The molecule has 6 heteroatoms. The summed E-state index contributed by atoms with van der Waals surface area (Å²) in [6, 6.07) is 63.4. The fraction of sp³-hybridized carbons (Fsp3) is 0. The van der Waals surface area contributed by atoms with Crippen molar-refractivity contribution < 1.29 is 4.42 Å². The number of rotatable bonds is 7. The Morgan fingerprint density at radius 2 is 0.727 bits per heavy atom. The number of nitrogens with zero attached hydrogens (tertiary/aromatic N) is 5. The monoisotopic (exact) mass is 705 g/mol. The van der Waals surface area contributed by atoms with Gasteiger partial charge in [-0.15, -0.1) is 0 Å². The predicted octanol–water partition coefficient (Wildman–Crippen LogP) is 12.2. The van der Waals surface area contributed by atoms with Gasteiger partial charge in [-0.1, -0.05) is 158 Å². The zero-order valence-electron chi connectivity index (χ0n) is 29.5. The molecule has 0 bridgehead atoms. The van der Waals surface area contributed by atoms with Gasteiger partial charge in [-0.25, -0.2) is 24.9 Å². The van der Waals surface area contributed by atoms with Crippen molar-refractivity contribution in [2.24, 2.45) is 0 Å². The summed E-state index contributed by atoms with van der Waals surface area (Å²) in [6.07, 6.45) is 0. The van der Waals surface area contributed by atoms with Gasteiger partial charge in [0.05, 0.1) is 11.4 Å². The molecule has 6 nitrogen and oxygen atoms in total. The second-order valence-electron chi connectivity index (χ2n) is 13.3. The zero-order valence-corrected chi connectivity index (χ0v) is 29.5. The third-order valence-electron chi connectivity index (χ3n) is 9.75. The van der Waals surface area contributed by atoms with Crippen LogP contribution in [0.15, 0.2) is 192 Å². The maximum atomic E-state index is 6.44. The first-order valence-electron chi connectivity index (χ1n) is 18.2. The molecule has 0 aliphatic heterocycles. The quantitative estimate of drug-likeness (QED) is 0.164. The lowest BCUT2D eigenvalue weighted by Crippen LogP contribution is -2.00. The largest absolute Gasteiger partial charge is 0.455 e. The topological polar surface area (TPSA) is 77.6 Å². The van der Waals surface area contributed by atoms with Crippen LogP contribution >= 0.6 is 0 Å². The molecule has 258 valence electrons. The van der Waals surface area contributed by atoms with Crippen molar-refractivity contribution in [2.45, 2.75) is 0 Å². The molecule has 55 heavy (non-hydrogen) atoms. The molecule has 0 saturated carbocycles. The number of fused-ring (bicyclic) bond motifs is 3. The number of furan rings is 1. The molecule has 0 radical (unpaired) electrons. The van der Waals surface area contributed by atoms with Gasteiger partial charge in [-0.05, 0) is 41.5 Å². The van der Waals surface area contributed by atoms with E-state index in [1.165, 1.54) is 0 Å². The molecule has 7 aromatic carbocycles. The smallest absolute Gasteiger partial charge is 0.164 e. The van der Waals surface area contributed by atoms with E-state index in [0.29, 0.717) is 23.3 Å². The van der Waals surface area contributed by atoms with Crippen LogP contribution < -0.4 is 0 Å². The highest BCUT2D eigenvalue weighted by atomic mass is 16.3. The molecule has 10 rings (SSSR count). The Labute approximate surface area is 317 Å². The van der Waals surface area contributed by atoms with E-state index >= 15 is 0 Å². The maximum absolute atomic E-state index is 6.44. The molecule has 3 aromatic heterocycles. The number of hydrogen-bond acceptors (Lipinski definition) is 6. The van der Waals surface area contributed by atoms with Crippen LogP contribution in [0.3, 0.4) is 0 Å². The van der Waals surface area contributed by atoms with Crippen molar-refractivity contribution >= 4 is 21.9 Å². The summed E-state index contributed by atoms with van der Waals surface area (Å²) in [5.74, 6) is 2.51. The minimum atomic E-state index is 0.610. The fourth-order valence-electron chi connectivity index (χ4n) is 7.03. The van der Waals surface area contributed by atoms with Crippen LogP contribution in [0.25, 0.3) is 101 Å². The van der Waals surface area contributed by atoms with Crippen LogP contribution in [-0.4, -0.2) is 24.9 Å². The van der Waals surface area contributed by atoms with Gasteiger partial charge in [0.1, 0.15) is 11.2 Å². The molecule has 0 aliphatic rings. The molecule has 10 aromatic rings. The van der Waals surface area contributed by atoms with E-state index in [0.717, 1.165) is 77.8 Å². The Bertz CT molecular complexity index is 2920. The summed E-state index contributed by atoms with van der Waals surface area (Å²) < 4.78 is 6.44. The molecule has 0 unspecified atom stereocenters. The minimum absolute atomic E-state index is 0.610. The molecule has 0 saturated heterocycles. The molecule has 0 aliphatic carbocycles. The van der Waals surface area contributed by atoms with Gasteiger partial charge >= 0.3 is 0 Å². The van der Waals surface area contributed by atoms with Crippen LogP contribution in [0.1, 0.15) is 0 Å². The molecule has 0 spiro atoms. The van der Waals surface area contributed by atoms with Crippen LogP contribution in [-0.2, 0) is 0 Å². The van der Waals surface area contributed by atoms with Gasteiger partial charge < -0.3 is 4.42 Å². The third-order valence-corrected chi connectivity index (χ3v) is 9.75. The van der Waals surface area contributed by atoms with Crippen molar-refractivity contribution in [2.75, 3.05) is 0 Å². The Hall–Kier alpha value is -7.57. The van der Waals surface area contributed by atoms with Crippen molar-refractivity contribution in [1.82, 2.24) is 24.9 Å². The van der Waals surface area contributed by atoms with Crippen LogP contribution in [0.2, 0.25) is 0 Å². The SMILES string of the molecule is c1ccc(-c2nc(-c3cccc(-c4cccc(-c5nc(-c6ccccc6)nc(-c6ccccc6)n5)c4)c3)cc(-c3cccc4c3oc3ccccc34)n2)cc1. The van der Waals surface area contributed by atoms with Gasteiger partial charge in [-0.3, -0.25) is 0 Å². The van der Waals surface area contributed by atoms with Crippen molar-refractivity contribution in [3.05, 3.63) is 188 Å². The number of aromatic nitrogens is 5. The van der Waals surface area contributed by atoms with E-state index in [4.69, 9.17) is 29.3 Å². The van der Waals surface area contributed by atoms with Gasteiger partial charge in [-0.2, -0.15) is 0 Å². The molecule has 0 N–H and O–H groups in total. The number of para-hydroxylation sites is 2. The fourth-order valence-corrected chi connectivity index (χ4v) is 7.03. The molecular formula is C49H31N5O. The predicted molar refractivity (Wildman–Crippen MR) is 221 cm³/mol. The summed E-state index contributed by atoms with van der Waals surface area (Å²) in [4.78, 5) is 25.0. The van der Waals surface area contributed by atoms with E-state index in [1.807, 2.05) is 115 Å². The molecule has 3 heterocycles. The van der Waals surface area contributed by atoms with E-state index in [-0.39, 0.29) is 0 Å². The van der Waals surface area contributed by atoms with Crippen molar-refractivity contribution in [3.8, 4) is 79.2 Å². The van der Waals surface area contributed by atoms with Gasteiger partial charge in [0.15, 0.2) is 23.3 Å². The van der Waals surface area contributed by atoms with Crippen LogP contribution in [0.5, 0.6) is 0 Å². The summed E-state index contributed by atoms with van der Waals surface area (Å²) in [7, 11) is 0. The number of hydrogen-bond donors (Lipinski definition) is 0. The average molecular weight is 706 g/mol. The molecule has 0 amide bonds. The summed E-state index contributed by atoms with van der Waals surface area (Å²) in [5, 5.41) is 2.14. The normalized spacial score (nSPS) is 11.3. The second-order valence-corrected chi connectivity index (χ2v) is 13.3. The molecular weight excluding hydrogens is 675 g/mol. The molecule has 0 fully saturated rings. The first kappa shape index (κ1) is 32.1. The number of benzene rings is 7.